The summed E-state index contributed by atoms with van der Waals surface area (Å²) in [4.78, 5) is 10.5. The minimum Gasteiger partial charge on any atom is -0.311 e. The Bertz CT molecular complexity index is 2850. The monoisotopic (exact) mass is 833 g/mol. The van der Waals surface area contributed by atoms with Crippen molar-refractivity contribution in [2.75, 3.05) is 9.80 Å². The molecule has 2 aliphatic heterocycles. The maximum Gasteiger partial charge on any atom is 0.252 e. The van der Waals surface area contributed by atoms with Gasteiger partial charge in [0.15, 0.2) is 0 Å². The average Bonchev–Trinajstić information content (AvgIpc) is 3.61. The number of anilines is 6. The van der Waals surface area contributed by atoms with Gasteiger partial charge in [-0.1, -0.05) is 165 Å². The molecule has 0 unspecified atom stereocenters. The predicted molar refractivity (Wildman–Crippen MR) is 273 cm³/mol. The molecule has 9 rings (SSSR count). The van der Waals surface area contributed by atoms with E-state index in [1.165, 1.54) is 77.3 Å². The van der Waals surface area contributed by atoms with Crippen LogP contribution in [0.1, 0.15) is 132 Å². The van der Waals surface area contributed by atoms with Crippen molar-refractivity contribution in [2.45, 2.75) is 131 Å². The fourth-order valence-electron chi connectivity index (χ4n) is 9.33. The van der Waals surface area contributed by atoms with Crippen molar-refractivity contribution in [1.82, 2.24) is 4.98 Å². The lowest BCUT2D eigenvalue weighted by atomic mass is 9.33. The van der Waals surface area contributed by atoms with Crippen LogP contribution in [0.3, 0.4) is 0 Å². The third kappa shape index (κ3) is 7.28. The summed E-state index contributed by atoms with van der Waals surface area (Å²) in [5, 5.41) is 1.06. The van der Waals surface area contributed by atoms with Crippen LogP contribution in [0.15, 0.2) is 115 Å². The highest BCUT2D eigenvalue weighted by Crippen LogP contribution is 2.48. The summed E-state index contributed by atoms with van der Waals surface area (Å²) < 4.78 is 1.21. The number of thiazole rings is 1. The van der Waals surface area contributed by atoms with Gasteiger partial charge in [0, 0.05) is 39.7 Å². The first-order chi connectivity index (χ1) is 28.9. The molecule has 0 N–H and O–H groups in total. The second-order valence-corrected chi connectivity index (χ2v) is 24.2. The van der Waals surface area contributed by atoms with Crippen LogP contribution in [-0.2, 0) is 27.1 Å². The van der Waals surface area contributed by atoms with Gasteiger partial charge >= 0.3 is 0 Å². The Morgan fingerprint density at radius 1 is 0.403 bits per heavy atom. The summed E-state index contributed by atoms with van der Waals surface area (Å²) in [7, 11) is 0. The number of benzene rings is 6. The molecule has 0 amide bonds. The molecular weight excluding hydrogens is 770 g/mol. The van der Waals surface area contributed by atoms with Crippen LogP contribution in [0, 0.1) is 0 Å². The molecule has 0 fully saturated rings. The van der Waals surface area contributed by atoms with E-state index in [9.17, 15) is 0 Å². The zero-order valence-electron chi connectivity index (χ0n) is 39.8. The maximum absolute atomic E-state index is 5.40. The summed E-state index contributed by atoms with van der Waals surface area (Å²) in [6, 6.07) is 44.9. The Morgan fingerprint density at radius 3 is 1.29 bits per heavy atom. The number of rotatable bonds is 3. The first-order valence-corrected chi connectivity index (χ1v) is 23.4. The van der Waals surface area contributed by atoms with Crippen molar-refractivity contribution in [3.63, 3.8) is 0 Å². The minimum absolute atomic E-state index is 0.0116. The summed E-state index contributed by atoms with van der Waals surface area (Å²) in [5.74, 6) is 0. The summed E-state index contributed by atoms with van der Waals surface area (Å²) in [6.45, 7) is 34.7. The third-order valence-corrected chi connectivity index (χ3v) is 14.4. The number of aromatic nitrogens is 1. The lowest BCUT2D eigenvalue weighted by molar-refractivity contribution is 0.589. The molecule has 3 nitrogen and oxygen atoms in total. The highest BCUT2D eigenvalue weighted by molar-refractivity contribution is 7.21. The quantitative estimate of drug-likeness (QED) is 0.165. The number of hydrogen-bond donors (Lipinski definition) is 0. The highest BCUT2D eigenvalue weighted by Gasteiger charge is 2.45. The second kappa shape index (κ2) is 14.2. The maximum atomic E-state index is 5.40. The second-order valence-electron chi connectivity index (χ2n) is 23.1. The third-order valence-electron chi connectivity index (χ3n) is 13.3. The first-order valence-electron chi connectivity index (χ1n) is 22.6. The Kier molecular flexibility index (Phi) is 9.66. The van der Waals surface area contributed by atoms with E-state index in [1.54, 1.807) is 0 Å². The van der Waals surface area contributed by atoms with Crippen LogP contribution in [0.2, 0.25) is 0 Å². The smallest absolute Gasteiger partial charge is 0.252 e. The molecule has 2 aliphatic rings. The molecular formula is C57H64BN3S. The van der Waals surface area contributed by atoms with Gasteiger partial charge in [0.05, 0.1) is 10.2 Å². The standard InChI is InChI=1S/C57H64BN3S/c1-53(2,3)36-18-16-35(17-19-36)52-59-45-34-47-44(33-50(45)62-52)58-43-30-39(56(10,11)12)24-29-46(43)60(41-25-20-37(21-26-41)54(4,5)6)48-31-40(57(13,14)15)32-49(51(48)58)61(47)42-27-22-38(23-28-42)55(7,8)9/h16-34H,1-15H3. The fraction of sp³-hybridized carbons (Fsp3) is 0.351. The van der Waals surface area contributed by atoms with Crippen LogP contribution < -0.4 is 26.2 Å². The lowest BCUT2D eigenvalue weighted by Gasteiger charge is -2.45. The molecule has 6 aromatic carbocycles. The van der Waals surface area contributed by atoms with E-state index < -0.39 is 0 Å². The van der Waals surface area contributed by atoms with E-state index in [1.807, 2.05) is 11.3 Å². The minimum atomic E-state index is -0.0997. The molecule has 1 aromatic heterocycles. The van der Waals surface area contributed by atoms with Gasteiger partial charge in [0.2, 0.25) is 0 Å². The van der Waals surface area contributed by atoms with Crippen molar-refractivity contribution in [1.29, 1.82) is 0 Å². The molecule has 316 valence electrons. The number of nitrogens with zero attached hydrogens (tertiary/aromatic N) is 3. The topological polar surface area (TPSA) is 19.4 Å². The summed E-state index contributed by atoms with van der Waals surface area (Å²) in [5.41, 5.74) is 20.2. The molecule has 0 saturated carbocycles. The number of fused-ring (bicyclic) bond motifs is 5. The van der Waals surface area contributed by atoms with E-state index in [4.69, 9.17) is 4.98 Å². The van der Waals surface area contributed by atoms with Crippen LogP contribution in [0.4, 0.5) is 34.1 Å². The largest absolute Gasteiger partial charge is 0.311 e. The van der Waals surface area contributed by atoms with Crippen molar-refractivity contribution in [3.05, 3.63) is 143 Å². The van der Waals surface area contributed by atoms with E-state index >= 15 is 0 Å². The molecule has 0 saturated heterocycles. The molecule has 0 bridgehead atoms. The fourth-order valence-corrected chi connectivity index (χ4v) is 10.3. The van der Waals surface area contributed by atoms with E-state index in [2.05, 4.69) is 229 Å². The molecule has 5 heteroatoms. The summed E-state index contributed by atoms with van der Waals surface area (Å²) >= 11 is 1.81. The molecule has 0 atom stereocenters. The van der Waals surface area contributed by atoms with Gasteiger partial charge in [-0.15, -0.1) is 11.3 Å². The van der Waals surface area contributed by atoms with Crippen molar-refractivity contribution in [3.8, 4) is 10.6 Å². The van der Waals surface area contributed by atoms with Crippen LogP contribution in [0.5, 0.6) is 0 Å². The first kappa shape index (κ1) is 42.2. The Labute approximate surface area is 376 Å². The Hall–Kier alpha value is -5.13. The molecule has 0 aliphatic carbocycles. The Balaban J connectivity index is 1.36. The SMILES string of the molecule is CC(C)(C)c1ccc(-c2nc3cc4c(cc3s2)B2c3cc(C(C)(C)C)ccc3N(c3ccc(C(C)(C)C)cc3)c3cc(C(C)(C)C)cc(c32)N4c2ccc(C(C)(C)C)cc2)cc1. The molecule has 3 heterocycles. The molecule has 0 radical (unpaired) electrons. The molecule has 7 aromatic rings. The molecule has 0 spiro atoms. The zero-order valence-corrected chi connectivity index (χ0v) is 40.6. The van der Waals surface area contributed by atoms with Crippen molar-refractivity contribution < 1.29 is 0 Å². The van der Waals surface area contributed by atoms with Gasteiger partial charge in [-0.3, -0.25) is 0 Å². The van der Waals surface area contributed by atoms with Crippen LogP contribution in [-0.4, -0.2) is 11.7 Å². The van der Waals surface area contributed by atoms with Gasteiger partial charge < -0.3 is 9.80 Å². The predicted octanol–water partition coefficient (Wildman–Crippen LogP) is 14.5. The van der Waals surface area contributed by atoms with Crippen molar-refractivity contribution in [2.24, 2.45) is 0 Å². The average molecular weight is 834 g/mol. The Morgan fingerprint density at radius 2 is 0.823 bits per heavy atom. The van der Waals surface area contributed by atoms with Gasteiger partial charge in [-0.2, -0.15) is 0 Å². The van der Waals surface area contributed by atoms with Gasteiger partial charge in [-0.25, -0.2) is 4.98 Å². The lowest BCUT2D eigenvalue weighted by Crippen LogP contribution is -2.61. The summed E-state index contributed by atoms with van der Waals surface area (Å²) in [6.07, 6.45) is 0. The number of hydrogen-bond acceptors (Lipinski definition) is 4. The van der Waals surface area contributed by atoms with E-state index in [0.717, 1.165) is 21.8 Å². The van der Waals surface area contributed by atoms with Gasteiger partial charge in [0.25, 0.3) is 6.71 Å². The molecule has 62 heavy (non-hydrogen) atoms. The van der Waals surface area contributed by atoms with Gasteiger partial charge in [-0.05, 0) is 126 Å². The van der Waals surface area contributed by atoms with Crippen molar-refractivity contribution >= 4 is 78.8 Å². The zero-order chi connectivity index (χ0) is 44.5. The van der Waals surface area contributed by atoms with Crippen LogP contribution >= 0.6 is 11.3 Å². The van der Waals surface area contributed by atoms with Gasteiger partial charge in [0.1, 0.15) is 5.01 Å². The normalized spacial score (nSPS) is 14.3. The van der Waals surface area contributed by atoms with Crippen LogP contribution in [0.25, 0.3) is 20.8 Å². The van der Waals surface area contributed by atoms with E-state index in [-0.39, 0.29) is 33.8 Å². The highest BCUT2D eigenvalue weighted by atomic mass is 32.1. The van der Waals surface area contributed by atoms with E-state index in [0.29, 0.717) is 0 Å².